The monoisotopic (exact) mass is 519 g/mol. The highest BCUT2D eigenvalue weighted by Gasteiger charge is 2.21. The maximum absolute atomic E-state index is 12.1. The molecule has 0 atom stereocenters. The summed E-state index contributed by atoms with van der Waals surface area (Å²) in [5.74, 6) is 1.37. The van der Waals surface area contributed by atoms with Gasteiger partial charge in [-0.05, 0) is 71.8 Å². The summed E-state index contributed by atoms with van der Waals surface area (Å²) in [5, 5.41) is 7.29. The van der Waals surface area contributed by atoms with E-state index in [0.717, 1.165) is 65.9 Å². The second-order valence-corrected chi connectivity index (χ2v) is 9.40. The summed E-state index contributed by atoms with van der Waals surface area (Å²) in [7, 11) is 2.00. The molecule has 0 bridgehead atoms. The molecule has 0 aromatic heterocycles. The number of unbranched alkanes of at least 4 members (excludes halogenated alkanes) is 1. The van der Waals surface area contributed by atoms with E-state index in [-0.39, 0.29) is 11.8 Å². The molecule has 4 nitrogen and oxygen atoms in total. The highest BCUT2D eigenvalue weighted by atomic mass is 79.9. The third-order valence-corrected chi connectivity index (χ3v) is 7.08. The van der Waals surface area contributed by atoms with E-state index in [4.69, 9.17) is 11.6 Å². The topological polar surface area (TPSA) is 44.4 Å². The lowest BCUT2D eigenvalue weighted by molar-refractivity contribution is -0.124. The van der Waals surface area contributed by atoms with Crippen molar-refractivity contribution in [2.75, 3.05) is 20.1 Å². The average Bonchev–Trinajstić information content (AvgIpc) is 3.34. The summed E-state index contributed by atoms with van der Waals surface area (Å²) >= 11 is 9.92. The second-order valence-electron chi connectivity index (χ2n) is 8.14. The van der Waals surface area contributed by atoms with Crippen LogP contribution in [0.25, 0.3) is 5.57 Å². The molecule has 6 heteroatoms. The summed E-state index contributed by atoms with van der Waals surface area (Å²) in [6.45, 7) is 11.6. The Hall–Kier alpha value is -1.98. The number of rotatable bonds is 12. The zero-order valence-electron chi connectivity index (χ0n) is 19.2. The molecule has 2 rings (SSSR count). The van der Waals surface area contributed by atoms with Crippen molar-refractivity contribution in [2.45, 2.75) is 45.4 Å². The van der Waals surface area contributed by atoms with Gasteiger partial charge in [0.2, 0.25) is 5.91 Å². The molecule has 0 aliphatic heterocycles. The number of amides is 1. The van der Waals surface area contributed by atoms with Crippen molar-refractivity contribution in [3.8, 4) is 0 Å². The van der Waals surface area contributed by atoms with Crippen LogP contribution in [-0.2, 0) is 4.79 Å². The number of nitrogens with zero attached hydrogens (tertiary/aromatic N) is 1. The number of halogens is 2. The van der Waals surface area contributed by atoms with Crippen LogP contribution >= 0.6 is 27.5 Å². The Morgan fingerprint density at radius 2 is 1.84 bits per heavy atom. The van der Waals surface area contributed by atoms with Crippen LogP contribution in [0.4, 0.5) is 0 Å². The van der Waals surface area contributed by atoms with Gasteiger partial charge in [0.25, 0.3) is 0 Å². The summed E-state index contributed by atoms with van der Waals surface area (Å²) in [4.78, 5) is 14.2. The summed E-state index contributed by atoms with van der Waals surface area (Å²) in [5.41, 5.74) is 2.76. The maximum atomic E-state index is 12.1. The second kappa shape index (κ2) is 13.5. The maximum Gasteiger partial charge on any atom is 0.223 e. The molecule has 0 saturated heterocycles. The number of carbonyl (C=O) groups is 1. The van der Waals surface area contributed by atoms with Crippen molar-refractivity contribution < 1.29 is 4.79 Å². The van der Waals surface area contributed by atoms with Gasteiger partial charge >= 0.3 is 0 Å². The van der Waals surface area contributed by atoms with Gasteiger partial charge in [0.1, 0.15) is 5.82 Å². The smallest absolute Gasteiger partial charge is 0.223 e. The van der Waals surface area contributed by atoms with Gasteiger partial charge in [0.05, 0.1) is 0 Å². The van der Waals surface area contributed by atoms with E-state index in [1.807, 2.05) is 44.3 Å². The summed E-state index contributed by atoms with van der Waals surface area (Å²) in [6.07, 6.45) is 10.1. The third-order valence-electron chi connectivity index (χ3n) is 5.85. The fourth-order valence-electron chi connectivity index (χ4n) is 3.73. The Balaban J connectivity index is 1.97. The molecule has 0 radical (unpaired) electrons. The van der Waals surface area contributed by atoms with Gasteiger partial charge in [0, 0.05) is 41.3 Å². The van der Waals surface area contributed by atoms with E-state index in [9.17, 15) is 4.79 Å². The number of hydrogen-bond acceptors (Lipinski definition) is 3. The van der Waals surface area contributed by atoms with Crippen molar-refractivity contribution in [1.82, 2.24) is 15.5 Å². The van der Waals surface area contributed by atoms with Crippen LogP contribution in [0.5, 0.6) is 0 Å². The van der Waals surface area contributed by atoms with Crippen LogP contribution in [0.2, 0.25) is 5.02 Å². The van der Waals surface area contributed by atoms with E-state index in [1.165, 1.54) is 12.8 Å². The van der Waals surface area contributed by atoms with Gasteiger partial charge in [-0.2, -0.15) is 0 Å². The van der Waals surface area contributed by atoms with Crippen molar-refractivity contribution in [1.29, 1.82) is 0 Å². The first-order valence-corrected chi connectivity index (χ1v) is 12.4. The zero-order chi connectivity index (χ0) is 23.5. The lowest BCUT2D eigenvalue weighted by atomic mass is 10.1. The molecule has 0 unspecified atom stereocenters. The number of nitrogens with one attached hydrogen (secondary N) is 2. The Labute approximate surface area is 206 Å². The third kappa shape index (κ3) is 7.86. The lowest BCUT2D eigenvalue weighted by Gasteiger charge is -2.26. The van der Waals surface area contributed by atoms with Crippen molar-refractivity contribution in [3.05, 3.63) is 76.2 Å². The van der Waals surface area contributed by atoms with E-state index in [0.29, 0.717) is 5.02 Å². The van der Waals surface area contributed by atoms with Crippen LogP contribution in [0.15, 0.2) is 65.6 Å². The Kier molecular flexibility index (Phi) is 11.1. The van der Waals surface area contributed by atoms with E-state index >= 15 is 0 Å². The fraction of sp³-hybridized carbons (Fsp3) is 0.423. The molecule has 1 aliphatic rings. The van der Waals surface area contributed by atoms with Crippen LogP contribution in [0.1, 0.15) is 51.0 Å². The molecule has 1 amide bonds. The predicted molar refractivity (Wildman–Crippen MR) is 140 cm³/mol. The SMILES string of the molecule is C=C/C(Br)=C(/C)N(C)/C(=C\C(=C)c1ccccc1Cl)NCCCCNC(=O)C1CCCC1. The number of allylic oxidation sites excluding steroid dienone is 5. The molecular weight excluding hydrogens is 486 g/mol. The number of carbonyl (C=O) groups excluding carboxylic acids is 1. The fourth-order valence-corrected chi connectivity index (χ4v) is 4.25. The molecule has 0 heterocycles. The summed E-state index contributed by atoms with van der Waals surface area (Å²) < 4.78 is 0.922. The van der Waals surface area contributed by atoms with Crippen LogP contribution in [0, 0.1) is 5.92 Å². The van der Waals surface area contributed by atoms with E-state index in [2.05, 4.69) is 44.6 Å². The van der Waals surface area contributed by atoms with Gasteiger partial charge in [-0.1, -0.05) is 61.9 Å². The largest absolute Gasteiger partial charge is 0.371 e. The first kappa shape index (κ1) is 26.3. The van der Waals surface area contributed by atoms with Crippen LogP contribution in [0.3, 0.4) is 0 Å². The standard InChI is InChI=1S/C26H35BrClN3O/c1-5-23(27)20(3)31(4)25(18-19(2)22-14-8-9-15-24(22)28)29-16-10-11-17-30-26(32)21-12-6-7-13-21/h5,8-9,14-15,18,21,29H,1-2,6-7,10-13,16-17H2,3-4H3,(H,30,32)/b23-20+,25-18-. The van der Waals surface area contributed by atoms with Gasteiger partial charge < -0.3 is 15.5 Å². The minimum Gasteiger partial charge on any atom is -0.371 e. The number of benzene rings is 1. The normalized spacial score (nSPS) is 15.2. The Morgan fingerprint density at radius 1 is 1.22 bits per heavy atom. The number of hydrogen-bond donors (Lipinski definition) is 2. The molecule has 2 N–H and O–H groups in total. The van der Waals surface area contributed by atoms with Crippen LogP contribution < -0.4 is 10.6 Å². The van der Waals surface area contributed by atoms with E-state index in [1.54, 1.807) is 6.08 Å². The zero-order valence-corrected chi connectivity index (χ0v) is 21.6. The molecule has 174 valence electrons. The van der Waals surface area contributed by atoms with Gasteiger partial charge in [-0.3, -0.25) is 4.79 Å². The van der Waals surface area contributed by atoms with Crippen LogP contribution in [-0.4, -0.2) is 30.9 Å². The predicted octanol–water partition coefficient (Wildman–Crippen LogP) is 6.62. The highest BCUT2D eigenvalue weighted by Crippen LogP contribution is 2.26. The van der Waals surface area contributed by atoms with Gasteiger partial charge in [0.15, 0.2) is 0 Å². The first-order valence-electron chi connectivity index (χ1n) is 11.2. The molecule has 1 aromatic carbocycles. The molecule has 1 aliphatic carbocycles. The minimum atomic E-state index is 0.224. The van der Waals surface area contributed by atoms with E-state index < -0.39 is 0 Å². The molecule has 0 spiro atoms. The van der Waals surface area contributed by atoms with Crippen molar-refractivity contribution in [2.24, 2.45) is 5.92 Å². The summed E-state index contributed by atoms with van der Waals surface area (Å²) in [6, 6.07) is 7.70. The minimum absolute atomic E-state index is 0.224. The molecule has 1 saturated carbocycles. The Morgan fingerprint density at radius 3 is 2.47 bits per heavy atom. The van der Waals surface area contributed by atoms with Gasteiger partial charge in [-0.15, -0.1) is 0 Å². The van der Waals surface area contributed by atoms with Crippen molar-refractivity contribution >= 4 is 39.0 Å². The first-order chi connectivity index (χ1) is 15.3. The molecular formula is C26H35BrClN3O. The average molecular weight is 521 g/mol. The molecule has 32 heavy (non-hydrogen) atoms. The quantitative estimate of drug-likeness (QED) is 0.241. The van der Waals surface area contributed by atoms with Crippen molar-refractivity contribution in [3.63, 3.8) is 0 Å². The Bertz CT molecular complexity index is 872. The molecule has 1 fully saturated rings. The highest BCUT2D eigenvalue weighted by molar-refractivity contribution is 9.11. The van der Waals surface area contributed by atoms with Gasteiger partial charge in [-0.25, -0.2) is 0 Å². The molecule has 1 aromatic rings. The lowest BCUT2D eigenvalue weighted by Crippen LogP contribution is -2.31.